The number of nitrogens with one attached hydrogen (secondary N) is 1. The second-order valence-corrected chi connectivity index (χ2v) is 5.87. The van der Waals surface area contributed by atoms with E-state index in [0.29, 0.717) is 17.8 Å². The maximum absolute atomic E-state index is 5.39. The highest BCUT2D eigenvalue weighted by molar-refractivity contribution is 7.98. The van der Waals surface area contributed by atoms with Gasteiger partial charge in [-0.2, -0.15) is 4.98 Å². The zero-order valence-corrected chi connectivity index (χ0v) is 13.7. The first-order valence-electron chi connectivity index (χ1n) is 7.47. The van der Waals surface area contributed by atoms with E-state index in [1.165, 1.54) is 4.90 Å². The van der Waals surface area contributed by atoms with Crippen LogP contribution in [0.1, 0.15) is 32.6 Å². The molecular weight excluding hydrogens is 282 g/mol. The number of benzene rings is 1. The minimum atomic E-state index is 0.409. The van der Waals surface area contributed by atoms with E-state index in [0.717, 1.165) is 31.4 Å². The fourth-order valence-corrected chi connectivity index (χ4v) is 2.73. The SMILES string of the molecule is CCCC(Cc1nc(-c2ccc(SC)cc2)no1)NCC. The van der Waals surface area contributed by atoms with Crippen molar-refractivity contribution in [3.05, 3.63) is 30.2 Å². The maximum Gasteiger partial charge on any atom is 0.228 e. The van der Waals surface area contributed by atoms with Crippen molar-refractivity contribution in [3.8, 4) is 11.4 Å². The molecule has 5 heteroatoms. The number of thioether (sulfide) groups is 1. The molecule has 1 unspecified atom stereocenters. The molecule has 2 rings (SSSR count). The molecule has 0 aliphatic rings. The van der Waals surface area contributed by atoms with E-state index in [9.17, 15) is 0 Å². The van der Waals surface area contributed by atoms with Crippen LogP contribution in [-0.2, 0) is 6.42 Å². The Kier molecular flexibility index (Phi) is 6.26. The van der Waals surface area contributed by atoms with E-state index in [4.69, 9.17) is 4.52 Å². The molecule has 21 heavy (non-hydrogen) atoms. The van der Waals surface area contributed by atoms with Gasteiger partial charge in [0, 0.05) is 22.9 Å². The van der Waals surface area contributed by atoms with Crippen LogP contribution in [-0.4, -0.2) is 29.0 Å². The van der Waals surface area contributed by atoms with Gasteiger partial charge in [-0.3, -0.25) is 0 Å². The molecule has 0 bridgehead atoms. The lowest BCUT2D eigenvalue weighted by Gasteiger charge is -2.14. The summed E-state index contributed by atoms with van der Waals surface area (Å²) in [6.07, 6.45) is 5.12. The van der Waals surface area contributed by atoms with Crippen LogP contribution in [0.4, 0.5) is 0 Å². The van der Waals surface area contributed by atoms with Gasteiger partial charge in [0.15, 0.2) is 0 Å². The second kappa shape index (κ2) is 8.20. The number of rotatable bonds is 8. The molecule has 2 aromatic rings. The number of likely N-dealkylation sites (N-methyl/N-ethyl adjacent to an activating group) is 1. The average Bonchev–Trinajstić information content (AvgIpc) is 2.96. The molecule has 0 aliphatic carbocycles. The van der Waals surface area contributed by atoms with Crippen molar-refractivity contribution < 1.29 is 4.52 Å². The highest BCUT2D eigenvalue weighted by atomic mass is 32.2. The zero-order valence-electron chi connectivity index (χ0n) is 12.9. The van der Waals surface area contributed by atoms with Crippen molar-refractivity contribution in [1.82, 2.24) is 15.5 Å². The van der Waals surface area contributed by atoms with Gasteiger partial charge < -0.3 is 9.84 Å². The van der Waals surface area contributed by atoms with Crippen LogP contribution in [0, 0.1) is 0 Å². The van der Waals surface area contributed by atoms with Crippen molar-refractivity contribution in [3.63, 3.8) is 0 Å². The van der Waals surface area contributed by atoms with Gasteiger partial charge in [0.2, 0.25) is 11.7 Å². The van der Waals surface area contributed by atoms with Gasteiger partial charge in [0.1, 0.15) is 0 Å². The Morgan fingerprint density at radius 2 is 2.00 bits per heavy atom. The molecule has 0 aliphatic heterocycles. The number of hydrogen-bond acceptors (Lipinski definition) is 5. The molecule has 0 amide bonds. The number of nitrogens with zero attached hydrogens (tertiary/aromatic N) is 2. The third-order valence-electron chi connectivity index (χ3n) is 3.37. The van der Waals surface area contributed by atoms with Gasteiger partial charge in [-0.25, -0.2) is 0 Å². The summed E-state index contributed by atoms with van der Waals surface area (Å²) >= 11 is 1.72. The third-order valence-corrected chi connectivity index (χ3v) is 4.11. The van der Waals surface area contributed by atoms with E-state index in [2.05, 4.69) is 47.7 Å². The van der Waals surface area contributed by atoms with Crippen LogP contribution in [0.2, 0.25) is 0 Å². The Morgan fingerprint density at radius 1 is 1.24 bits per heavy atom. The van der Waals surface area contributed by atoms with Crippen LogP contribution in [0.25, 0.3) is 11.4 Å². The predicted octanol–water partition coefficient (Wildman–Crippen LogP) is 3.78. The van der Waals surface area contributed by atoms with Crippen LogP contribution in [0.5, 0.6) is 0 Å². The minimum absolute atomic E-state index is 0.409. The first kappa shape index (κ1) is 16.0. The van der Waals surface area contributed by atoms with E-state index in [1.54, 1.807) is 11.8 Å². The number of aromatic nitrogens is 2. The van der Waals surface area contributed by atoms with Crippen molar-refractivity contribution in [2.45, 2.75) is 44.0 Å². The summed E-state index contributed by atoms with van der Waals surface area (Å²) in [5.41, 5.74) is 0.998. The zero-order chi connectivity index (χ0) is 15.1. The Labute approximate surface area is 130 Å². The topological polar surface area (TPSA) is 51.0 Å². The smallest absolute Gasteiger partial charge is 0.228 e. The predicted molar refractivity (Wildman–Crippen MR) is 87.6 cm³/mol. The lowest BCUT2D eigenvalue weighted by molar-refractivity contribution is 0.352. The van der Waals surface area contributed by atoms with Crippen LogP contribution >= 0.6 is 11.8 Å². The van der Waals surface area contributed by atoms with Crippen molar-refractivity contribution >= 4 is 11.8 Å². The van der Waals surface area contributed by atoms with Gasteiger partial charge >= 0.3 is 0 Å². The van der Waals surface area contributed by atoms with E-state index >= 15 is 0 Å². The Morgan fingerprint density at radius 3 is 2.62 bits per heavy atom. The van der Waals surface area contributed by atoms with Crippen molar-refractivity contribution in [2.75, 3.05) is 12.8 Å². The highest BCUT2D eigenvalue weighted by Crippen LogP contribution is 2.21. The molecule has 4 nitrogen and oxygen atoms in total. The molecule has 1 aromatic heterocycles. The Hall–Kier alpha value is -1.33. The summed E-state index contributed by atoms with van der Waals surface area (Å²) in [6, 6.07) is 8.64. The summed E-state index contributed by atoms with van der Waals surface area (Å²) in [6.45, 7) is 5.27. The molecule has 0 saturated heterocycles. The Balaban J connectivity index is 2.05. The summed E-state index contributed by atoms with van der Waals surface area (Å²) in [7, 11) is 0. The van der Waals surface area contributed by atoms with Gasteiger partial charge in [-0.15, -0.1) is 11.8 Å². The molecular formula is C16H23N3OS. The average molecular weight is 305 g/mol. The van der Waals surface area contributed by atoms with Gasteiger partial charge in [0.25, 0.3) is 0 Å². The fourth-order valence-electron chi connectivity index (χ4n) is 2.32. The van der Waals surface area contributed by atoms with Gasteiger partial charge in [-0.1, -0.05) is 25.4 Å². The van der Waals surface area contributed by atoms with Crippen LogP contribution in [0.15, 0.2) is 33.7 Å². The Bertz CT molecular complexity index is 533. The normalized spacial score (nSPS) is 12.5. The largest absolute Gasteiger partial charge is 0.339 e. The third kappa shape index (κ3) is 4.58. The van der Waals surface area contributed by atoms with Crippen LogP contribution in [0.3, 0.4) is 0 Å². The van der Waals surface area contributed by atoms with Crippen molar-refractivity contribution in [2.24, 2.45) is 0 Å². The monoisotopic (exact) mass is 305 g/mol. The molecule has 1 N–H and O–H groups in total. The molecule has 0 radical (unpaired) electrons. The van der Waals surface area contributed by atoms with E-state index in [-0.39, 0.29) is 0 Å². The lowest BCUT2D eigenvalue weighted by atomic mass is 10.1. The molecule has 0 fully saturated rings. The lowest BCUT2D eigenvalue weighted by Crippen LogP contribution is -2.30. The van der Waals surface area contributed by atoms with Crippen LogP contribution < -0.4 is 5.32 Å². The van der Waals surface area contributed by atoms with Crippen molar-refractivity contribution in [1.29, 1.82) is 0 Å². The summed E-state index contributed by atoms with van der Waals surface area (Å²) < 4.78 is 5.39. The fraction of sp³-hybridized carbons (Fsp3) is 0.500. The van der Waals surface area contributed by atoms with Gasteiger partial charge in [0.05, 0.1) is 0 Å². The molecule has 1 heterocycles. The van der Waals surface area contributed by atoms with E-state index < -0.39 is 0 Å². The minimum Gasteiger partial charge on any atom is -0.339 e. The van der Waals surface area contributed by atoms with Gasteiger partial charge in [-0.05, 0) is 43.5 Å². The first-order chi connectivity index (χ1) is 10.3. The summed E-state index contributed by atoms with van der Waals surface area (Å²) in [4.78, 5) is 5.75. The summed E-state index contributed by atoms with van der Waals surface area (Å²) in [5, 5.41) is 7.56. The molecule has 1 aromatic carbocycles. The maximum atomic E-state index is 5.39. The molecule has 0 spiro atoms. The first-order valence-corrected chi connectivity index (χ1v) is 8.69. The molecule has 114 valence electrons. The number of hydrogen-bond donors (Lipinski definition) is 1. The summed E-state index contributed by atoms with van der Waals surface area (Å²) in [5.74, 6) is 1.38. The quantitative estimate of drug-likeness (QED) is 0.752. The molecule has 1 atom stereocenters. The second-order valence-electron chi connectivity index (χ2n) is 4.99. The van der Waals surface area contributed by atoms with E-state index in [1.807, 2.05) is 12.1 Å². The molecule has 0 saturated carbocycles. The highest BCUT2D eigenvalue weighted by Gasteiger charge is 2.14. The standard InChI is InChI=1S/C16H23N3OS/c1-4-6-13(17-5-2)11-15-18-16(19-20-15)12-7-9-14(21-3)10-8-12/h7-10,13,17H,4-6,11H2,1-3H3.